The number of halogens is 1. The van der Waals surface area contributed by atoms with Crippen molar-refractivity contribution in [2.45, 2.75) is 11.4 Å². The highest BCUT2D eigenvalue weighted by Crippen LogP contribution is 2.36. The number of hydrogen-bond acceptors (Lipinski definition) is 5. The maximum Gasteiger partial charge on any atom is 0.337 e. The van der Waals surface area contributed by atoms with Crippen LogP contribution in [0.25, 0.3) is 11.3 Å². The molecule has 8 heteroatoms. The highest BCUT2D eigenvalue weighted by atomic mass is 35.5. The van der Waals surface area contributed by atoms with Crippen molar-refractivity contribution in [3.05, 3.63) is 46.7 Å². The number of carbonyl (C=O) groups is 2. The van der Waals surface area contributed by atoms with Crippen molar-refractivity contribution < 1.29 is 24.2 Å². The first-order valence-electron chi connectivity index (χ1n) is 6.69. The van der Waals surface area contributed by atoms with Crippen LogP contribution in [0, 0.1) is 0 Å². The second-order valence-corrected chi connectivity index (χ2v) is 6.52. The Morgan fingerprint density at radius 1 is 1.26 bits per heavy atom. The molecular formula is C15H12ClNO5S. The number of carboxylic acids is 2. The van der Waals surface area contributed by atoms with Gasteiger partial charge in [-0.1, -0.05) is 17.7 Å². The van der Waals surface area contributed by atoms with Crippen LogP contribution in [0.2, 0.25) is 5.02 Å². The Labute approximate surface area is 140 Å². The van der Waals surface area contributed by atoms with E-state index in [1.165, 1.54) is 23.9 Å². The third-order valence-corrected chi connectivity index (χ3v) is 4.99. The smallest absolute Gasteiger partial charge is 0.337 e. The van der Waals surface area contributed by atoms with Crippen LogP contribution in [-0.2, 0) is 4.79 Å². The predicted molar refractivity (Wildman–Crippen MR) is 85.9 cm³/mol. The Morgan fingerprint density at radius 3 is 2.65 bits per heavy atom. The zero-order chi connectivity index (χ0) is 16.6. The van der Waals surface area contributed by atoms with Gasteiger partial charge in [0.1, 0.15) is 22.9 Å². The molecule has 0 spiro atoms. The summed E-state index contributed by atoms with van der Waals surface area (Å²) in [6, 6.07) is 7.49. The number of aliphatic carboxylic acids is 1. The van der Waals surface area contributed by atoms with Crippen LogP contribution in [0.15, 0.2) is 34.7 Å². The van der Waals surface area contributed by atoms with Crippen molar-refractivity contribution in [1.82, 2.24) is 5.32 Å². The minimum atomic E-state index is -1.09. The molecular weight excluding hydrogens is 342 g/mol. The van der Waals surface area contributed by atoms with Gasteiger partial charge in [-0.3, -0.25) is 10.1 Å². The quantitative estimate of drug-likeness (QED) is 0.776. The van der Waals surface area contributed by atoms with Crippen LogP contribution >= 0.6 is 23.4 Å². The molecule has 1 aromatic heterocycles. The first-order chi connectivity index (χ1) is 11.0. The molecule has 120 valence electrons. The van der Waals surface area contributed by atoms with Gasteiger partial charge in [0.05, 0.1) is 10.6 Å². The van der Waals surface area contributed by atoms with E-state index in [0.29, 0.717) is 22.8 Å². The maximum absolute atomic E-state index is 11.0. The van der Waals surface area contributed by atoms with Gasteiger partial charge < -0.3 is 14.6 Å². The van der Waals surface area contributed by atoms with E-state index in [9.17, 15) is 9.59 Å². The third kappa shape index (κ3) is 3.21. The Balaban J connectivity index is 1.81. The Hall–Kier alpha value is -1.96. The number of carboxylic acid groups (broad SMARTS) is 2. The summed E-state index contributed by atoms with van der Waals surface area (Å²) in [5.74, 6) is -0.349. The molecule has 23 heavy (non-hydrogen) atoms. The van der Waals surface area contributed by atoms with Gasteiger partial charge in [-0.15, -0.1) is 11.8 Å². The second kappa shape index (κ2) is 6.27. The van der Waals surface area contributed by atoms with E-state index in [4.69, 9.17) is 26.2 Å². The summed E-state index contributed by atoms with van der Waals surface area (Å²) in [7, 11) is 0. The molecule has 3 rings (SSSR count). The topological polar surface area (TPSA) is 99.8 Å². The zero-order valence-corrected chi connectivity index (χ0v) is 13.2. The number of furan rings is 1. The fourth-order valence-electron chi connectivity index (χ4n) is 2.27. The minimum Gasteiger partial charge on any atom is -0.480 e. The first kappa shape index (κ1) is 15.9. The van der Waals surface area contributed by atoms with Gasteiger partial charge in [-0.2, -0.15) is 0 Å². The van der Waals surface area contributed by atoms with Gasteiger partial charge in [0, 0.05) is 11.3 Å². The lowest BCUT2D eigenvalue weighted by atomic mass is 10.1. The van der Waals surface area contributed by atoms with Gasteiger partial charge in [0.25, 0.3) is 0 Å². The van der Waals surface area contributed by atoms with Gasteiger partial charge >= 0.3 is 11.9 Å². The lowest BCUT2D eigenvalue weighted by molar-refractivity contribution is -0.138. The summed E-state index contributed by atoms with van der Waals surface area (Å²) in [4.78, 5) is 21.9. The van der Waals surface area contributed by atoms with E-state index in [-0.39, 0.29) is 16.0 Å². The largest absolute Gasteiger partial charge is 0.480 e. The monoisotopic (exact) mass is 353 g/mol. The summed E-state index contributed by atoms with van der Waals surface area (Å²) in [5.41, 5.74) is 0.684. The molecule has 1 aliphatic rings. The number of benzene rings is 1. The van der Waals surface area contributed by atoms with E-state index < -0.39 is 18.0 Å². The van der Waals surface area contributed by atoms with Crippen molar-refractivity contribution in [2.75, 3.05) is 5.75 Å². The standard InChI is InChI=1S/C15H12ClNO5S/c16-9-5-7(1-2-8(9)14(18)19)11-3-4-12(22-11)13-17-10(6-23-13)15(20)21/h1-5,10,13,17H,6H2,(H,18,19)(H,20,21)/t10-,13+/m0/s1. The summed E-state index contributed by atoms with van der Waals surface area (Å²) < 4.78 is 5.75. The molecule has 1 saturated heterocycles. The van der Waals surface area contributed by atoms with Crippen molar-refractivity contribution in [3.63, 3.8) is 0 Å². The summed E-state index contributed by atoms with van der Waals surface area (Å²) >= 11 is 7.42. The van der Waals surface area contributed by atoms with Crippen LogP contribution in [-0.4, -0.2) is 33.9 Å². The normalized spacial score (nSPS) is 20.6. The molecule has 6 nitrogen and oxygen atoms in total. The SMILES string of the molecule is O=C(O)c1ccc(-c2ccc([C@@H]3N[C@H](C(=O)O)CS3)o2)cc1Cl. The predicted octanol–water partition coefficient (Wildman–Crippen LogP) is 3.09. The Morgan fingerprint density at radius 2 is 2.04 bits per heavy atom. The van der Waals surface area contributed by atoms with Crippen LogP contribution in [0.1, 0.15) is 21.5 Å². The molecule has 1 aliphatic heterocycles. The Kier molecular flexibility index (Phi) is 4.34. The first-order valence-corrected chi connectivity index (χ1v) is 8.12. The van der Waals surface area contributed by atoms with Crippen LogP contribution < -0.4 is 5.32 Å². The molecule has 3 N–H and O–H groups in total. The molecule has 0 amide bonds. The van der Waals surface area contributed by atoms with E-state index in [0.717, 1.165) is 0 Å². The highest BCUT2D eigenvalue weighted by molar-refractivity contribution is 7.99. The molecule has 0 saturated carbocycles. The summed E-state index contributed by atoms with van der Waals surface area (Å²) in [6.07, 6.45) is 0. The third-order valence-electron chi connectivity index (χ3n) is 3.45. The minimum absolute atomic E-state index is 0.0273. The van der Waals surface area contributed by atoms with Crippen molar-refractivity contribution >= 4 is 35.3 Å². The lowest BCUT2D eigenvalue weighted by Crippen LogP contribution is -2.33. The molecule has 1 aromatic carbocycles. The van der Waals surface area contributed by atoms with E-state index >= 15 is 0 Å². The lowest BCUT2D eigenvalue weighted by Gasteiger charge is -2.08. The average molecular weight is 354 g/mol. The molecule has 0 bridgehead atoms. The molecule has 1 fully saturated rings. The molecule has 0 aliphatic carbocycles. The molecule has 2 aromatic rings. The number of thioether (sulfide) groups is 1. The number of rotatable bonds is 4. The second-order valence-electron chi connectivity index (χ2n) is 4.97. The number of aromatic carboxylic acids is 1. The van der Waals surface area contributed by atoms with Gasteiger partial charge in [-0.05, 0) is 24.3 Å². The summed E-state index contributed by atoms with van der Waals surface area (Å²) in [6.45, 7) is 0. The van der Waals surface area contributed by atoms with Gasteiger partial charge in [-0.25, -0.2) is 4.79 Å². The van der Waals surface area contributed by atoms with Crippen LogP contribution in [0.4, 0.5) is 0 Å². The zero-order valence-electron chi connectivity index (χ0n) is 11.7. The van der Waals surface area contributed by atoms with Crippen molar-refractivity contribution in [2.24, 2.45) is 0 Å². The van der Waals surface area contributed by atoms with Crippen molar-refractivity contribution in [3.8, 4) is 11.3 Å². The number of nitrogens with one attached hydrogen (secondary N) is 1. The van der Waals surface area contributed by atoms with Crippen molar-refractivity contribution in [1.29, 1.82) is 0 Å². The molecule has 0 radical (unpaired) electrons. The van der Waals surface area contributed by atoms with Crippen LogP contribution in [0.5, 0.6) is 0 Å². The van der Waals surface area contributed by atoms with E-state index in [2.05, 4.69) is 5.32 Å². The fourth-order valence-corrected chi connectivity index (χ4v) is 3.71. The van der Waals surface area contributed by atoms with E-state index in [1.54, 1.807) is 18.2 Å². The van der Waals surface area contributed by atoms with Gasteiger partial charge in [0.2, 0.25) is 0 Å². The molecule has 0 unspecified atom stereocenters. The maximum atomic E-state index is 11.0. The summed E-state index contributed by atoms with van der Waals surface area (Å²) in [5, 5.41) is 20.9. The van der Waals surface area contributed by atoms with Crippen LogP contribution in [0.3, 0.4) is 0 Å². The van der Waals surface area contributed by atoms with E-state index in [1.807, 2.05) is 0 Å². The van der Waals surface area contributed by atoms with Gasteiger partial charge in [0.15, 0.2) is 0 Å². The molecule has 2 atom stereocenters. The molecule has 2 heterocycles. The average Bonchev–Trinajstić information content (AvgIpc) is 3.16. The Bertz CT molecular complexity index is 775. The fraction of sp³-hybridized carbons (Fsp3) is 0.200. The number of hydrogen-bond donors (Lipinski definition) is 3. The highest BCUT2D eigenvalue weighted by Gasteiger charge is 2.32.